The molecule has 1 N–H and O–H groups in total. The number of halogens is 1. The number of carbonyl (C=O) groups excluding carboxylic acids is 1. The zero-order chi connectivity index (χ0) is 25.7. The van der Waals surface area contributed by atoms with Gasteiger partial charge in [0.05, 0.1) is 17.1 Å². The van der Waals surface area contributed by atoms with Gasteiger partial charge >= 0.3 is 0 Å². The number of nitrogens with one attached hydrogen (secondary N) is 1. The zero-order valence-corrected chi connectivity index (χ0v) is 22.0. The molecular weight excluding hydrogens is 520 g/mol. The number of hydrogen-bond acceptors (Lipinski definition) is 5. The van der Waals surface area contributed by atoms with Crippen LogP contribution in [0.2, 0.25) is 0 Å². The first kappa shape index (κ1) is 25.3. The Morgan fingerprint density at radius 2 is 1.97 bits per heavy atom. The summed E-state index contributed by atoms with van der Waals surface area (Å²) < 4.78 is 7.86. The summed E-state index contributed by atoms with van der Waals surface area (Å²) in [5.41, 5.74) is 2.87. The van der Waals surface area contributed by atoms with Gasteiger partial charge in [0.25, 0.3) is 11.5 Å². The Bertz CT molecular complexity index is 1500. The Kier molecular flexibility index (Phi) is 7.95. The third-order valence-electron chi connectivity index (χ3n) is 5.86. The molecule has 0 spiro atoms. The highest BCUT2D eigenvalue weighted by Crippen LogP contribution is 2.21. The second-order valence-electron chi connectivity index (χ2n) is 8.53. The fourth-order valence-corrected chi connectivity index (χ4v) is 4.00. The molecule has 0 bridgehead atoms. The molecule has 36 heavy (non-hydrogen) atoms. The highest BCUT2D eigenvalue weighted by molar-refractivity contribution is 9.10. The van der Waals surface area contributed by atoms with Crippen LogP contribution in [0.25, 0.3) is 10.9 Å². The van der Waals surface area contributed by atoms with E-state index in [0.717, 1.165) is 27.7 Å². The quantitative estimate of drug-likeness (QED) is 0.279. The van der Waals surface area contributed by atoms with Crippen LogP contribution in [0.15, 0.2) is 81.1 Å². The van der Waals surface area contributed by atoms with Crippen molar-refractivity contribution in [2.24, 2.45) is 5.10 Å². The van der Waals surface area contributed by atoms with Gasteiger partial charge in [-0.25, -0.2) is 4.98 Å². The second-order valence-corrected chi connectivity index (χ2v) is 9.44. The Morgan fingerprint density at radius 3 is 2.75 bits per heavy atom. The maximum absolute atomic E-state index is 13.3. The van der Waals surface area contributed by atoms with Crippen LogP contribution in [0, 0.1) is 6.92 Å². The lowest BCUT2D eigenvalue weighted by Gasteiger charge is -2.14. The van der Waals surface area contributed by atoms with E-state index in [4.69, 9.17) is 9.72 Å². The molecule has 0 aliphatic carbocycles. The molecule has 1 heterocycles. The number of ether oxygens (including phenoxy) is 1. The Hall–Kier alpha value is -3.78. The van der Waals surface area contributed by atoms with Crippen LogP contribution in [-0.4, -0.2) is 28.4 Å². The summed E-state index contributed by atoms with van der Waals surface area (Å²) in [6.45, 7) is 5.87. The van der Waals surface area contributed by atoms with E-state index >= 15 is 0 Å². The van der Waals surface area contributed by atoms with Crippen molar-refractivity contribution in [3.8, 4) is 5.75 Å². The Balaban J connectivity index is 1.55. The molecule has 184 valence electrons. The minimum atomic E-state index is -0.249. The molecule has 8 heteroatoms. The lowest BCUT2D eigenvalue weighted by atomic mass is 10.1. The van der Waals surface area contributed by atoms with Crippen molar-refractivity contribution in [3.63, 3.8) is 0 Å². The van der Waals surface area contributed by atoms with E-state index in [2.05, 4.69) is 26.3 Å². The van der Waals surface area contributed by atoms with Gasteiger partial charge in [-0.05, 0) is 60.9 Å². The van der Waals surface area contributed by atoms with Crippen LogP contribution < -0.4 is 15.6 Å². The number of aryl methyl sites for hydroxylation is 1. The van der Waals surface area contributed by atoms with E-state index in [1.807, 2.05) is 69.3 Å². The number of benzene rings is 3. The number of para-hydroxylation sites is 1. The summed E-state index contributed by atoms with van der Waals surface area (Å²) in [6.07, 6.45) is 2.41. The van der Waals surface area contributed by atoms with Crippen molar-refractivity contribution in [3.05, 3.63) is 98.5 Å². The van der Waals surface area contributed by atoms with Crippen LogP contribution in [0.1, 0.15) is 43.1 Å². The van der Waals surface area contributed by atoms with Gasteiger partial charge in [0.2, 0.25) is 0 Å². The summed E-state index contributed by atoms with van der Waals surface area (Å²) in [6, 6.07) is 20.2. The number of amides is 1. The summed E-state index contributed by atoms with van der Waals surface area (Å²) in [5.74, 6) is 0.925. The largest absolute Gasteiger partial charge is 0.484 e. The van der Waals surface area contributed by atoms with Crippen molar-refractivity contribution in [1.29, 1.82) is 0 Å². The molecule has 3 aromatic carbocycles. The lowest BCUT2D eigenvalue weighted by Crippen LogP contribution is -2.23. The molecule has 0 aliphatic heterocycles. The molecule has 0 saturated carbocycles. The molecular formula is C28H27BrN4O3. The maximum Gasteiger partial charge on any atom is 0.282 e. The first-order valence-corrected chi connectivity index (χ1v) is 12.5. The molecule has 1 atom stereocenters. The van der Waals surface area contributed by atoms with Gasteiger partial charge in [0.1, 0.15) is 11.6 Å². The van der Waals surface area contributed by atoms with Gasteiger partial charge < -0.3 is 10.1 Å². The molecule has 1 amide bonds. The van der Waals surface area contributed by atoms with E-state index in [0.29, 0.717) is 22.5 Å². The predicted octanol–water partition coefficient (Wildman–Crippen LogP) is 5.88. The van der Waals surface area contributed by atoms with Gasteiger partial charge in [-0.2, -0.15) is 9.78 Å². The molecule has 0 saturated heterocycles. The molecule has 0 fully saturated rings. The van der Waals surface area contributed by atoms with Crippen LogP contribution in [0.5, 0.6) is 5.75 Å². The molecule has 1 aromatic heterocycles. The van der Waals surface area contributed by atoms with Crippen molar-refractivity contribution in [1.82, 2.24) is 9.66 Å². The third kappa shape index (κ3) is 5.88. The summed E-state index contributed by atoms with van der Waals surface area (Å²) in [4.78, 5) is 30.3. The van der Waals surface area contributed by atoms with Crippen molar-refractivity contribution >= 4 is 44.6 Å². The monoisotopic (exact) mass is 546 g/mol. The minimum Gasteiger partial charge on any atom is -0.484 e. The Morgan fingerprint density at radius 1 is 1.17 bits per heavy atom. The fourth-order valence-electron chi connectivity index (χ4n) is 3.64. The molecule has 0 unspecified atom stereocenters. The van der Waals surface area contributed by atoms with E-state index in [1.165, 1.54) is 4.68 Å². The number of fused-ring (bicyclic) bond motifs is 1. The minimum absolute atomic E-state index is 0.0457. The molecule has 7 nitrogen and oxygen atoms in total. The van der Waals surface area contributed by atoms with Crippen LogP contribution in [0.3, 0.4) is 0 Å². The normalized spacial score (nSPS) is 12.1. The van der Waals surface area contributed by atoms with Gasteiger partial charge in [0, 0.05) is 16.1 Å². The van der Waals surface area contributed by atoms with Gasteiger partial charge in [0.15, 0.2) is 6.61 Å². The molecule has 4 rings (SSSR count). The van der Waals surface area contributed by atoms with Gasteiger partial charge in [-0.15, -0.1) is 0 Å². The van der Waals surface area contributed by atoms with Gasteiger partial charge in [-0.1, -0.05) is 60.1 Å². The molecule has 0 aliphatic rings. The summed E-state index contributed by atoms with van der Waals surface area (Å²) >= 11 is 3.43. The van der Waals surface area contributed by atoms with Gasteiger partial charge in [-0.3, -0.25) is 9.59 Å². The number of carbonyl (C=O) groups is 1. The fraction of sp³-hybridized carbons (Fsp3) is 0.214. The van der Waals surface area contributed by atoms with E-state index < -0.39 is 0 Å². The number of anilines is 1. The van der Waals surface area contributed by atoms with Crippen LogP contribution >= 0.6 is 15.9 Å². The second kappa shape index (κ2) is 11.3. The first-order chi connectivity index (χ1) is 17.4. The maximum atomic E-state index is 13.3. The van der Waals surface area contributed by atoms with E-state index in [-0.39, 0.29) is 24.0 Å². The smallest absolute Gasteiger partial charge is 0.282 e. The highest BCUT2D eigenvalue weighted by Gasteiger charge is 2.15. The number of hydrogen-bond donors (Lipinski definition) is 1. The average molecular weight is 547 g/mol. The first-order valence-electron chi connectivity index (χ1n) is 11.7. The third-order valence-corrected chi connectivity index (χ3v) is 6.35. The molecule has 0 radical (unpaired) electrons. The standard InChI is InChI=1S/C28H27BrN4O3/c1-4-18(2)27-32-25-13-12-21(29)15-23(25)28(35)33(27)30-16-20-9-7-10-22(14-20)36-17-26(34)31-24-11-6-5-8-19(24)3/h5-16,18H,4,17H2,1-3H3,(H,31,34)/t18-/m0/s1. The van der Waals surface area contributed by atoms with Crippen molar-refractivity contribution in [2.75, 3.05) is 11.9 Å². The number of aromatic nitrogens is 2. The van der Waals surface area contributed by atoms with Crippen molar-refractivity contribution < 1.29 is 9.53 Å². The van der Waals surface area contributed by atoms with E-state index in [1.54, 1.807) is 24.4 Å². The predicted molar refractivity (Wildman–Crippen MR) is 147 cm³/mol. The number of rotatable bonds is 8. The topological polar surface area (TPSA) is 85.6 Å². The summed E-state index contributed by atoms with van der Waals surface area (Å²) in [7, 11) is 0. The Labute approximate surface area is 218 Å². The van der Waals surface area contributed by atoms with Crippen LogP contribution in [0.4, 0.5) is 5.69 Å². The number of nitrogens with zero attached hydrogens (tertiary/aromatic N) is 3. The average Bonchev–Trinajstić information content (AvgIpc) is 2.88. The SMILES string of the molecule is CC[C@H](C)c1nc2ccc(Br)cc2c(=O)n1N=Cc1cccc(OCC(=O)Nc2ccccc2C)c1. The van der Waals surface area contributed by atoms with Crippen LogP contribution in [-0.2, 0) is 4.79 Å². The highest BCUT2D eigenvalue weighted by atomic mass is 79.9. The molecule has 4 aromatic rings. The zero-order valence-electron chi connectivity index (χ0n) is 20.4. The van der Waals surface area contributed by atoms with Crippen molar-refractivity contribution in [2.45, 2.75) is 33.1 Å². The summed E-state index contributed by atoms with van der Waals surface area (Å²) in [5, 5.41) is 7.83. The lowest BCUT2D eigenvalue weighted by molar-refractivity contribution is -0.118. The van der Waals surface area contributed by atoms with E-state index in [9.17, 15) is 9.59 Å².